The molecule has 5 heteroatoms. The van der Waals surface area contributed by atoms with Gasteiger partial charge in [0.15, 0.2) is 0 Å². The van der Waals surface area contributed by atoms with E-state index >= 15 is 0 Å². The standard InChI is InChI=1S/C12H13Br2NOS/c1-8-7-15(4-5-17-8)12(16)10-3-2-9(13)6-11(10)14/h2-3,6,8H,4-5,7H2,1H3. The molecule has 1 heterocycles. The Hall–Kier alpha value is -0.000000000000000111. The summed E-state index contributed by atoms with van der Waals surface area (Å²) in [6.45, 7) is 3.85. The zero-order valence-electron chi connectivity index (χ0n) is 9.45. The minimum Gasteiger partial charge on any atom is -0.337 e. The first-order chi connectivity index (χ1) is 8.08. The molecule has 0 radical (unpaired) electrons. The fourth-order valence-electron chi connectivity index (χ4n) is 1.84. The Bertz CT molecular complexity index is 439. The van der Waals surface area contributed by atoms with Crippen molar-refractivity contribution in [2.24, 2.45) is 0 Å². The lowest BCUT2D eigenvalue weighted by Gasteiger charge is -2.30. The Morgan fingerprint density at radius 2 is 2.24 bits per heavy atom. The third kappa shape index (κ3) is 3.26. The zero-order valence-corrected chi connectivity index (χ0v) is 13.4. The molecule has 0 saturated carbocycles. The molecule has 0 spiro atoms. The minimum absolute atomic E-state index is 0.122. The topological polar surface area (TPSA) is 20.3 Å². The maximum absolute atomic E-state index is 12.3. The van der Waals surface area contributed by atoms with E-state index in [1.807, 2.05) is 34.9 Å². The highest BCUT2D eigenvalue weighted by Crippen LogP contribution is 2.25. The predicted molar refractivity (Wildman–Crippen MR) is 79.7 cm³/mol. The molecule has 1 aromatic carbocycles. The van der Waals surface area contributed by atoms with Gasteiger partial charge in [0.25, 0.3) is 5.91 Å². The minimum atomic E-state index is 0.122. The number of thioether (sulfide) groups is 1. The van der Waals surface area contributed by atoms with Crippen molar-refractivity contribution in [2.75, 3.05) is 18.8 Å². The first-order valence-electron chi connectivity index (χ1n) is 5.44. The Balaban J connectivity index is 2.18. The highest BCUT2D eigenvalue weighted by molar-refractivity contribution is 9.11. The lowest BCUT2D eigenvalue weighted by atomic mass is 10.2. The van der Waals surface area contributed by atoms with Crippen molar-refractivity contribution in [1.82, 2.24) is 4.90 Å². The van der Waals surface area contributed by atoms with Gasteiger partial charge < -0.3 is 4.90 Å². The summed E-state index contributed by atoms with van der Waals surface area (Å²) >= 11 is 8.77. The van der Waals surface area contributed by atoms with E-state index in [0.29, 0.717) is 5.25 Å². The van der Waals surface area contributed by atoms with Crippen LogP contribution in [0.3, 0.4) is 0 Å². The number of hydrogen-bond donors (Lipinski definition) is 0. The molecule has 1 unspecified atom stereocenters. The summed E-state index contributed by atoms with van der Waals surface area (Å²) in [4.78, 5) is 14.3. The van der Waals surface area contributed by atoms with Gasteiger partial charge in [-0.25, -0.2) is 0 Å². The van der Waals surface area contributed by atoms with Crippen molar-refractivity contribution in [3.8, 4) is 0 Å². The van der Waals surface area contributed by atoms with Crippen LogP contribution in [0.4, 0.5) is 0 Å². The number of benzene rings is 1. The van der Waals surface area contributed by atoms with Gasteiger partial charge in [-0.15, -0.1) is 0 Å². The maximum atomic E-state index is 12.3. The largest absolute Gasteiger partial charge is 0.337 e. The molecule has 17 heavy (non-hydrogen) atoms. The first-order valence-corrected chi connectivity index (χ1v) is 8.07. The van der Waals surface area contributed by atoms with Crippen molar-refractivity contribution in [2.45, 2.75) is 12.2 Å². The van der Waals surface area contributed by atoms with Crippen LogP contribution in [0.5, 0.6) is 0 Å². The van der Waals surface area contributed by atoms with E-state index in [1.165, 1.54) is 0 Å². The number of halogens is 2. The van der Waals surface area contributed by atoms with E-state index < -0.39 is 0 Å². The number of rotatable bonds is 1. The van der Waals surface area contributed by atoms with Gasteiger partial charge in [-0.1, -0.05) is 22.9 Å². The second kappa shape index (κ2) is 5.76. The lowest BCUT2D eigenvalue weighted by Crippen LogP contribution is -2.41. The van der Waals surface area contributed by atoms with E-state index in [9.17, 15) is 4.79 Å². The summed E-state index contributed by atoms with van der Waals surface area (Å²) in [5.74, 6) is 1.15. The fraction of sp³-hybridized carbons (Fsp3) is 0.417. The van der Waals surface area contributed by atoms with E-state index in [4.69, 9.17) is 0 Å². The number of carbonyl (C=O) groups is 1. The average Bonchev–Trinajstić information content (AvgIpc) is 2.28. The van der Waals surface area contributed by atoms with Crippen LogP contribution in [0.1, 0.15) is 17.3 Å². The van der Waals surface area contributed by atoms with Gasteiger partial charge in [-0.3, -0.25) is 4.79 Å². The van der Waals surface area contributed by atoms with Gasteiger partial charge in [0, 0.05) is 33.0 Å². The first kappa shape index (κ1) is 13.4. The van der Waals surface area contributed by atoms with Crippen molar-refractivity contribution in [3.63, 3.8) is 0 Å². The number of nitrogens with zero attached hydrogens (tertiary/aromatic N) is 1. The Morgan fingerprint density at radius 3 is 2.88 bits per heavy atom. The van der Waals surface area contributed by atoms with Crippen LogP contribution in [-0.2, 0) is 0 Å². The van der Waals surface area contributed by atoms with E-state index in [0.717, 1.165) is 33.4 Å². The van der Waals surface area contributed by atoms with E-state index in [-0.39, 0.29) is 5.91 Å². The van der Waals surface area contributed by atoms with E-state index in [2.05, 4.69) is 38.8 Å². The Kier molecular flexibility index (Phi) is 4.55. The Labute approximate surface area is 122 Å². The van der Waals surface area contributed by atoms with Gasteiger partial charge in [0.1, 0.15) is 0 Å². The SMILES string of the molecule is CC1CN(C(=O)c2ccc(Br)cc2Br)CCS1. The molecule has 1 atom stereocenters. The number of hydrogen-bond acceptors (Lipinski definition) is 2. The molecule has 0 bridgehead atoms. The van der Waals surface area contributed by atoms with Gasteiger partial charge >= 0.3 is 0 Å². The molecule has 1 fully saturated rings. The smallest absolute Gasteiger partial charge is 0.255 e. The molecule has 0 aromatic heterocycles. The van der Waals surface area contributed by atoms with Gasteiger partial charge in [0.2, 0.25) is 0 Å². The molecule has 1 saturated heterocycles. The van der Waals surface area contributed by atoms with Gasteiger partial charge in [0.05, 0.1) is 5.56 Å². The van der Waals surface area contributed by atoms with Crippen molar-refractivity contribution in [1.29, 1.82) is 0 Å². The second-order valence-electron chi connectivity index (χ2n) is 4.06. The number of carbonyl (C=O) groups excluding carboxylic acids is 1. The van der Waals surface area contributed by atoms with Gasteiger partial charge in [-0.05, 0) is 34.1 Å². The van der Waals surface area contributed by atoms with Crippen LogP contribution in [0.25, 0.3) is 0 Å². The molecule has 1 aliphatic rings. The molecule has 2 rings (SSSR count). The quantitative estimate of drug-likeness (QED) is 0.740. The number of amides is 1. The molecular formula is C12H13Br2NOS. The molecule has 0 aliphatic carbocycles. The summed E-state index contributed by atoms with van der Waals surface area (Å²) in [6.07, 6.45) is 0. The fourth-order valence-corrected chi connectivity index (χ4v) is 4.07. The molecule has 1 aromatic rings. The van der Waals surface area contributed by atoms with Crippen LogP contribution in [0.2, 0.25) is 0 Å². The van der Waals surface area contributed by atoms with Crippen LogP contribution in [0.15, 0.2) is 27.1 Å². The lowest BCUT2D eigenvalue weighted by molar-refractivity contribution is 0.0762. The Morgan fingerprint density at radius 1 is 1.47 bits per heavy atom. The molecular weight excluding hydrogens is 366 g/mol. The monoisotopic (exact) mass is 377 g/mol. The van der Waals surface area contributed by atoms with Gasteiger partial charge in [-0.2, -0.15) is 11.8 Å². The zero-order chi connectivity index (χ0) is 12.4. The summed E-state index contributed by atoms with van der Waals surface area (Å²) in [6, 6.07) is 5.68. The molecule has 0 N–H and O–H groups in total. The molecule has 92 valence electrons. The highest BCUT2D eigenvalue weighted by Gasteiger charge is 2.23. The third-order valence-corrected chi connectivity index (χ3v) is 4.98. The van der Waals surface area contributed by atoms with Crippen molar-refractivity contribution in [3.05, 3.63) is 32.7 Å². The van der Waals surface area contributed by atoms with Crippen molar-refractivity contribution < 1.29 is 4.79 Å². The summed E-state index contributed by atoms with van der Waals surface area (Å²) in [7, 11) is 0. The molecule has 2 nitrogen and oxygen atoms in total. The predicted octanol–water partition coefficient (Wildman–Crippen LogP) is 3.79. The van der Waals surface area contributed by atoms with Crippen LogP contribution < -0.4 is 0 Å². The van der Waals surface area contributed by atoms with Crippen LogP contribution in [0, 0.1) is 0 Å². The van der Waals surface area contributed by atoms with Crippen molar-refractivity contribution >= 4 is 49.5 Å². The summed E-state index contributed by atoms with van der Waals surface area (Å²) in [5, 5.41) is 0.530. The van der Waals surface area contributed by atoms with Crippen LogP contribution >= 0.6 is 43.6 Å². The second-order valence-corrected chi connectivity index (χ2v) is 7.37. The normalized spacial score (nSPS) is 20.4. The van der Waals surface area contributed by atoms with E-state index in [1.54, 1.807) is 0 Å². The van der Waals surface area contributed by atoms with Crippen LogP contribution in [-0.4, -0.2) is 34.9 Å². The third-order valence-electron chi connectivity index (χ3n) is 2.69. The summed E-state index contributed by atoms with van der Waals surface area (Å²) < 4.78 is 1.83. The average molecular weight is 379 g/mol. The molecule has 1 amide bonds. The maximum Gasteiger partial charge on any atom is 0.255 e. The summed E-state index contributed by atoms with van der Waals surface area (Å²) in [5.41, 5.74) is 0.743. The molecule has 1 aliphatic heterocycles. The highest BCUT2D eigenvalue weighted by atomic mass is 79.9.